The van der Waals surface area contributed by atoms with Crippen molar-refractivity contribution in [3.63, 3.8) is 0 Å². The zero-order chi connectivity index (χ0) is 27.9. The summed E-state index contributed by atoms with van der Waals surface area (Å²) in [5, 5.41) is 13.6. The molecule has 2 aliphatic carbocycles. The van der Waals surface area contributed by atoms with Crippen LogP contribution in [-0.2, 0) is 6.42 Å². The number of aliphatic imine (C=N–C) groups is 1. The summed E-state index contributed by atoms with van der Waals surface area (Å²) < 4.78 is 0. The van der Waals surface area contributed by atoms with Crippen LogP contribution >= 0.6 is 22.7 Å². The minimum atomic E-state index is 0.0577. The van der Waals surface area contributed by atoms with Gasteiger partial charge in [-0.25, -0.2) is 0 Å². The summed E-state index contributed by atoms with van der Waals surface area (Å²) in [6, 6.07) is 16.1. The molecule has 1 atom stereocenters. The molecule has 2 aromatic heterocycles. The number of ketones is 1. The van der Waals surface area contributed by atoms with Crippen molar-refractivity contribution >= 4 is 34.4 Å². The number of rotatable bonds is 8. The first kappa shape index (κ1) is 28.4. The van der Waals surface area contributed by atoms with Crippen LogP contribution in [0, 0.1) is 23.7 Å². The Kier molecular flexibility index (Phi) is 9.62. The number of phenols is 1. The second-order valence-corrected chi connectivity index (χ2v) is 13.3. The zero-order valence-electron chi connectivity index (χ0n) is 23.2. The molecule has 0 aliphatic heterocycles. The second-order valence-electron chi connectivity index (χ2n) is 11.1. The smallest absolute Gasteiger partial charge is 0.189 e. The maximum atomic E-state index is 13.5. The van der Waals surface area contributed by atoms with Crippen molar-refractivity contribution in [2.45, 2.75) is 83.2 Å². The lowest BCUT2D eigenvalue weighted by Crippen LogP contribution is -2.47. The Hall–Kier alpha value is -3.08. The standard InChI is InChI=1S/C33H39N3O2S2/c1-2-7-27-16-17-29(39-27)30-18-19-31(40-30)32(38)24-14-12-23(13-15-24)28(21-22-8-6-11-26(37)20-22)36-33(34)35-25-9-4-3-5-10-25/h6,8,11,16-20,23-25,28,37H,3-5,9-10,12-15,21H2,1H3,(H3,34,35,36). The Morgan fingerprint density at radius 1 is 1.02 bits per heavy atom. The van der Waals surface area contributed by atoms with Crippen LogP contribution in [0.25, 0.3) is 9.75 Å². The number of hydrogen-bond acceptors (Lipinski definition) is 5. The number of hydrogen-bond donors (Lipinski definition) is 3. The third kappa shape index (κ3) is 7.35. The van der Waals surface area contributed by atoms with E-state index in [1.54, 1.807) is 28.7 Å². The summed E-state index contributed by atoms with van der Waals surface area (Å²) in [6.45, 7) is 1.85. The van der Waals surface area contributed by atoms with Crippen molar-refractivity contribution in [3.8, 4) is 27.3 Å². The first-order chi connectivity index (χ1) is 19.5. The molecule has 3 aromatic rings. The van der Waals surface area contributed by atoms with E-state index < -0.39 is 0 Å². The zero-order valence-corrected chi connectivity index (χ0v) is 24.8. The van der Waals surface area contributed by atoms with Gasteiger partial charge in [-0.2, -0.15) is 0 Å². The van der Waals surface area contributed by atoms with Crippen LogP contribution in [0.3, 0.4) is 0 Å². The molecule has 0 radical (unpaired) electrons. The summed E-state index contributed by atoms with van der Waals surface area (Å²) in [6.07, 6.45) is 10.4. The van der Waals surface area contributed by atoms with E-state index in [1.165, 1.54) is 24.1 Å². The number of thiophene rings is 2. The Morgan fingerprint density at radius 2 is 1.77 bits per heavy atom. The van der Waals surface area contributed by atoms with Gasteiger partial charge in [-0.1, -0.05) is 37.3 Å². The van der Waals surface area contributed by atoms with E-state index in [4.69, 9.17) is 10.7 Å². The molecule has 40 heavy (non-hydrogen) atoms. The Morgan fingerprint density at radius 3 is 2.52 bits per heavy atom. The molecule has 4 N–H and O–H groups in total. The molecule has 0 spiro atoms. The fraction of sp³-hybridized carbons (Fsp3) is 0.455. The summed E-state index contributed by atoms with van der Waals surface area (Å²) in [5.74, 6) is 7.59. The van der Waals surface area contributed by atoms with Crippen molar-refractivity contribution in [2.75, 3.05) is 0 Å². The molecule has 1 unspecified atom stereocenters. The van der Waals surface area contributed by atoms with Crippen LogP contribution in [0.2, 0.25) is 0 Å². The van der Waals surface area contributed by atoms with Crippen LogP contribution in [0.5, 0.6) is 5.75 Å². The highest BCUT2D eigenvalue weighted by Crippen LogP contribution is 2.38. The number of aromatic hydroxyl groups is 1. The SMILES string of the molecule is CC#Cc1ccc(-c2ccc(C(=O)C3CCC(C(Cc4cccc(O)c4)NC(N)=NC4CCCCC4)CC3)s2)s1. The van der Waals surface area contributed by atoms with E-state index in [-0.39, 0.29) is 23.5 Å². The van der Waals surface area contributed by atoms with Gasteiger partial charge in [0.1, 0.15) is 5.75 Å². The molecule has 5 nitrogen and oxygen atoms in total. The Balaban J connectivity index is 1.23. The maximum absolute atomic E-state index is 13.5. The quantitative estimate of drug-likeness (QED) is 0.113. The van der Waals surface area contributed by atoms with E-state index in [1.807, 2.05) is 31.2 Å². The van der Waals surface area contributed by atoms with Crippen LogP contribution in [0.15, 0.2) is 53.5 Å². The van der Waals surface area contributed by atoms with Gasteiger partial charge in [0.2, 0.25) is 0 Å². The topological polar surface area (TPSA) is 87.7 Å². The van der Waals surface area contributed by atoms with E-state index in [2.05, 4.69) is 35.4 Å². The van der Waals surface area contributed by atoms with Gasteiger partial charge in [0.05, 0.1) is 15.8 Å². The van der Waals surface area contributed by atoms with E-state index in [0.717, 1.165) is 65.1 Å². The largest absolute Gasteiger partial charge is 0.508 e. The van der Waals surface area contributed by atoms with Gasteiger partial charge < -0.3 is 16.2 Å². The first-order valence-electron chi connectivity index (χ1n) is 14.5. The van der Waals surface area contributed by atoms with E-state index in [0.29, 0.717) is 17.9 Å². The second kappa shape index (κ2) is 13.5. The molecule has 210 valence electrons. The van der Waals surface area contributed by atoms with Crippen LogP contribution < -0.4 is 11.1 Å². The number of Topliss-reactive ketones (excluding diaryl/α,β-unsaturated/α-hetero) is 1. The number of guanidine groups is 1. The monoisotopic (exact) mass is 573 g/mol. The fourth-order valence-electron chi connectivity index (χ4n) is 6.16. The minimum absolute atomic E-state index is 0.0577. The Labute approximate surface area is 245 Å². The summed E-state index contributed by atoms with van der Waals surface area (Å²) in [4.78, 5) is 22.5. The van der Waals surface area contributed by atoms with Crippen molar-refractivity contribution in [1.29, 1.82) is 0 Å². The number of nitrogens with two attached hydrogens (primary N) is 1. The lowest BCUT2D eigenvalue weighted by atomic mass is 9.75. The van der Waals surface area contributed by atoms with E-state index >= 15 is 0 Å². The van der Waals surface area contributed by atoms with Crippen molar-refractivity contribution in [3.05, 3.63) is 63.8 Å². The number of carbonyl (C=O) groups is 1. The molecule has 2 aliphatic rings. The molecule has 5 rings (SSSR count). The number of nitrogens with zero attached hydrogens (tertiary/aromatic N) is 1. The number of nitrogens with one attached hydrogen (secondary N) is 1. The van der Waals surface area contributed by atoms with Gasteiger partial charge in [0.15, 0.2) is 11.7 Å². The fourth-order valence-corrected chi connectivity index (χ4v) is 8.18. The van der Waals surface area contributed by atoms with E-state index in [9.17, 15) is 9.90 Å². The van der Waals surface area contributed by atoms with Crippen molar-refractivity contribution in [1.82, 2.24) is 5.32 Å². The molecule has 2 heterocycles. The first-order valence-corrected chi connectivity index (χ1v) is 16.2. The lowest BCUT2D eigenvalue weighted by molar-refractivity contribution is 0.0867. The normalized spacial score (nSPS) is 20.9. The third-order valence-corrected chi connectivity index (χ3v) is 10.5. The Bertz CT molecular complexity index is 1380. The number of benzene rings is 1. The molecular formula is C33H39N3O2S2. The van der Waals surface area contributed by atoms with Gasteiger partial charge in [-0.3, -0.25) is 9.79 Å². The highest BCUT2D eigenvalue weighted by atomic mass is 32.1. The molecular weight excluding hydrogens is 535 g/mol. The predicted octanol–water partition coefficient (Wildman–Crippen LogP) is 7.39. The minimum Gasteiger partial charge on any atom is -0.508 e. The van der Waals surface area contributed by atoms with Crippen molar-refractivity contribution in [2.24, 2.45) is 22.6 Å². The molecule has 7 heteroatoms. The molecule has 0 bridgehead atoms. The number of phenolic OH excluding ortho intramolecular Hbond substituents is 1. The average molecular weight is 574 g/mol. The predicted molar refractivity (Wildman–Crippen MR) is 167 cm³/mol. The highest BCUT2D eigenvalue weighted by Gasteiger charge is 2.32. The molecule has 1 aromatic carbocycles. The lowest BCUT2D eigenvalue weighted by Gasteiger charge is -2.34. The van der Waals surface area contributed by atoms with Crippen molar-refractivity contribution < 1.29 is 9.90 Å². The van der Waals surface area contributed by atoms with Crippen LogP contribution in [0.1, 0.15) is 84.8 Å². The summed E-state index contributed by atoms with van der Waals surface area (Å²) in [7, 11) is 0. The molecule has 0 amide bonds. The highest BCUT2D eigenvalue weighted by molar-refractivity contribution is 7.23. The average Bonchev–Trinajstić information content (AvgIpc) is 3.63. The summed E-state index contributed by atoms with van der Waals surface area (Å²) in [5.41, 5.74) is 7.52. The number of carbonyl (C=O) groups excluding carboxylic acids is 1. The molecule has 0 saturated heterocycles. The molecule has 2 fully saturated rings. The van der Waals surface area contributed by atoms with Gasteiger partial charge in [0, 0.05) is 21.7 Å². The van der Waals surface area contributed by atoms with Crippen LogP contribution in [0.4, 0.5) is 0 Å². The van der Waals surface area contributed by atoms with Gasteiger partial charge in [0.25, 0.3) is 0 Å². The van der Waals surface area contributed by atoms with Crippen LogP contribution in [-0.4, -0.2) is 28.9 Å². The van der Waals surface area contributed by atoms with Gasteiger partial charge >= 0.3 is 0 Å². The summed E-state index contributed by atoms with van der Waals surface area (Å²) >= 11 is 3.27. The molecule has 2 saturated carbocycles. The van der Waals surface area contributed by atoms with Gasteiger partial charge in [-0.05, 0) is 99.7 Å². The third-order valence-electron chi connectivity index (χ3n) is 8.25. The van der Waals surface area contributed by atoms with Gasteiger partial charge in [-0.15, -0.1) is 28.6 Å². The maximum Gasteiger partial charge on any atom is 0.189 e.